The van der Waals surface area contributed by atoms with E-state index in [4.69, 9.17) is 0 Å². The summed E-state index contributed by atoms with van der Waals surface area (Å²) in [4.78, 5) is 0. The number of hydrogen-bond donors (Lipinski definition) is 0. The standard InChI is InChI=1S/C14H32Si/c1-11(2)7-8-14(15,9-12(3)4)10-13(5)6/h11-13H,7-10H2,1-6,15H3. The summed E-state index contributed by atoms with van der Waals surface area (Å²) in [6, 6.07) is 0. The van der Waals surface area contributed by atoms with Crippen LogP contribution in [0, 0.1) is 17.8 Å². The van der Waals surface area contributed by atoms with Crippen molar-refractivity contribution in [2.75, 3.05) is 0 Å². The van der Waals surface area contributed by atoms with Crippen molar-refractivity contribution in [3.63, 3.8) is 0 Å². The van der Waals surface area contributed by atoms with Crippen molar-refractivity contribution in [1.29, 1.82) is 0 Å². The molecule has 0 radical (unpaired) electrons. The zero-order valence-electron chi connectivity index (χ0n) is 12.1. The van der Waals surface area contributed by atoms with Crippen LogP contribution < -0.4 is 0 Å². The molecule has 0 rings (SSSR count). The highest BCUT2D eigenvalue weighted by Crippen LogP contribution is 2.42. The van der Waals surface area contributed by atoms with Gasteiger partial charge in [0.15, 0.2) is 0 Å². The summed E-state index contributed by atoms with van der Waals surface area (Å²) in [7, 11) is 1.37. The molecule has 0 N–H and O–H groups in total. The third kappa shape index (κ3) is 8.07. The zero-order chi connectivity index (χ0) is 12.1. The van der Waals surface area contributed by atoms with Gasteiger partial charge in [-0.3, -0.25) is 0 Å². The molecule has 0 atom stereocenters. The van der Waals surface area contributed by atoms with Crippen LogP contribution in [0.25, 0.3) is 0 Å². The smallest absolute Gasteiger partial charge is 0.0107 e. The molecule has 0 aromatic rings. The fourth-order valence-electron chi connectivity index (χ4n) is 2.90. The van der Waals surface area contributed by atoms with Crippen LogP contribution in [0.5, 0.6) is 0 Å². The van der Waals surface area contributed by atoms with Crippen LogP contribution in [0.2, 0.25) is 5.04 Å². The lowest BCUT2D eigenvalue weighted by molar-refractivity contribution is 0.324. The molecule has 0 unspecified atom stereocenters. The molecule has 1 heteroatoms. The quantitative estimate of drug-likeness (QED) is 0.577. The topological polar surface area (TPSA) is 0 Å². The van der Waals surface area contributed by atoms with E-state index in [2.05, 4.69) is 41.5 Å². The Bertz CT molecular complexity index is 149. The Hall–Kier alpha value is 0.217. The zero-order valence-corrected chi connectivity index (χ0v) is 14.1. The maximum atomic E-state index is 2.38. The molecule has 0 saturated carbocycles. The van der Waals surface area contributed by atoms with Crippen molar-refractivity contribution in [2.45, 2.75) is 72.3 Å². The minimum absolute atomic E-state index is 0.715. The second-order valence-electron chi connectivity index (χ2n) is 6.94. The average Bonchev–Trinajstić information content (AvgIpc) is 1.97. The summed E-state index contributed by atoms with van der Waals surface area (Å²) >= 11 is 0. The summed E-state index contributed by atoms with van der Waals surface area (Å²) in [5, 5.41) is 0.715. The van der Waals surface area contributed by atoms with Gasteiger partial charge in [-0.1, -0.05) is 54.4 Å². The lowest BCUT2D eigenvalue weighted by Crippen LogP contribution is -2.19. The van der Waals surface area contributed by atoms with Crippen molar-refractivity contribution in [1.82, 2.24) is 0 Å². The lowest BCUT2D eigenvalue weighted by atomic mass is 9.83. The second kappa shape index (κ2) is 6.73. The first-order chi connectivity index (χ1) is 6.75. The molecule has 0 aromatic heterocycles. The van der Waals surface area contributed by atoms with E-state index in [0.29, 0.717) is 5.04 Å². The molecule has 0 fully saturated rings. The highest BCUT2D eigenvalue weighted by Gasteiger charge is 2.26. The van der Waals surface area contributed by atoms with Gasteiger partial charge in [0.05, 0.1) is 0 Å². The molecule has 0 aliphatic carbocycles. The molecule has 0 spiro atoms. The van der Waals surface area contributed by atoms with E-state index >= 15 is 0 Å². The van der Waals surface area contributed by atoms with Crippen molar-refractivity contribution >= 4 is 10.2 Å². The van der Waals surface area contributed by atoms with Gasteiger partial charge in [0.1, 0.15) is 0 Å². The molecule has 0 aliphatic heterocycles. The fourth-order valence-corrected chi connectivity index (χ4v) is 4.82. The van der Waals surface area contributed by atoms with E-state index in [9.17, 15) is 0 Å². The molecule has 0 bridgehead atoms. The first-order valence-electron chi connectivity index (χ1n) is 6.75. The van der Waals surface area contributed by atoms with Crippen molar-refractivity contribution in [2.24, 2.45) is 17.8 Å². The van der Waals surface area contributed by atoms with Crippen LogP contribution in [0.1, 0.15) is 67.2 Å². The van der Waals surface area contributed by atoms with E-state index in [1.165, 1.54) is 35.9 Å². The second-order valence-corrected chi connectivity index (χ2v) is 9.06. The third-order valence-corrected chi connectivity index (χ3v) is 4.44. The van der Waals surface area contributed by atoms with Gasteiger partial charge in [0.25, 0.3) is 0 Å². The molecule has 0 heterocycles. The van der Waals surface area contributed by atoms with Crippen LogP contribution in [0.4, 0.5) is 0 Å². The van der Waals surface area contributed by atoms with Gasteiger partial charge in [-0.25, -0.2) is 0 Å². The normalized spacial score (nSPS) is 13.4. The van der Waals surface area contributed by atoms with Crippen molar-refractivity contribution < 1.29 is 0 Å². The maximum Gasteiger partial charge on any atom is 0.0107 e. The van der Waals surface area contributed by atoms with Crippen LogP contribution in [0.15, 0.2) is 0 Å². The van der Waals surface area contributed by atoms with E-state index in [-0.39, 0.29) is 0 Å². The van der Waals surface area contributed by atoms with Gasteiger partial charge in [-0.15, -0.1) is 0 Å². The van der Waals surface area contributed by atoms with E-state index in [1.54, 1.807) is 0 Å². The largest absolute Gasteiger partial charge is 0.0628 e. The van der Waals surface area contributed by atoms with Gasteiger partial charge >= 0.3 is 0 Å². The molecule has 0 aliphatic rings. The summed E-state index contributed by atoms with van der Waals surface area (Å²) in [5.41, 5.74) is 0. The van der Waals surface area contributed by atoms with Gasteiger partial charge in [-0.05, 0) is 35.6 Å². The highest BCUT2D eigenvalue weighted by atomic mass is 28.1. The van der Waals surface area contributed by atoms with E-state index in [1.807, 2.05) is 0 Å². The Kier molecular flexibility index (Phi) is 6.82. The molecule has 15 heavy (non-hydrogen) atoms. The Morgan fingerprint density at radius 1 is 0.800 bits per heavy atom. The molecule has 0 aromatic carbocycles. The average molecular weight is 228 g/mol. The summed E-state index contributed by atoms with van der Waals surface area (Å²) < 4.78 is 0. The minimum Gasteiger partial charge on any atom is -0.0628 e. The predicted octanol–water partition coefficient (Wildman–Crippen LogP) is 4.04. The maximum absolute atomic E-state index is 2.38. The SMILES string of the molecule is CC(C)CCC([SiH3])(CC(C)C)CC(C)C. The van der Waals surface area contributed by atoms with Crippen LogP contribution in [0.3, 0.4) is 0 Å². The Morgan fingerprint density at radius 2 is 1.20 bits per heavy atom. The van der Waals surface area contributed by atoms with Crippen LogP contribution >= 0.6 is 0 Å². The summed E-state index contributed by atoms with van der Waals surface area (Å²) in [6.45, 7) is 14.2. The highest BCUT2D eigenvalue weighted by molar-refractivity contribution is 6.15. The Labute approximate surface area is 101 Å². The molecular formula is C14H32Si. The summed E-state index contributed by atoms with van der Waals surface area (Å²) in [6.07, 6.45) is 5.78. The van der Waals surface area contributed by atoms with Gasteiger partial charge < -0.3 is 0 Å². The molecule has 0 saturated heterocycles. The molecule has 0 nitrogen and oxygen atoms in total. The minimum atomic E-state index is 0.715. The monoisotopic (exact) mass is 228 g/mol. The van der Waals surface area contributed by atoms with Crippen molar-refractivity contribution in [3.05, 3.63) is 0 Å². The Balaban J connectivity index is 4.26. The molecular weight excluding hydrogens is 196 g/mol. The van der Waals surface area contributed by atoms with Crippen LogP contribution in [-0.2, 0) is 0 Å². The Morgan fingerprint density at radius 3 is 1.47 bits per heavy atom. The van der Waals surface area contributed by atoms with E-state index in [0.717, 1.165) is 17.8 Å². The van der Waals surface area contributed by atoms with Crippen molar-refractivity contribution in [3.8, 4) is 0 Å². The first kappa shape index (κ1) is 15.2. The molecule has 0 amide bonds. The predicted molar refractivity (Wildman–Crippen MR) is 75.6 cm³/mol. The van der Waals surface area contributed by atoms with Gasteiger partial charge in [-0.2, -0.15) is 0 Å². The van der Waals surface area contributed by atoms with E-state index < -0.39 is 0 Å². The third-order valence-electron chi connectivity index (χ3n) is 3.13. The van der Waals surface area contributed by atoms with Gasteiger partial charge in [0, 0.05) is 10.2 Å². The summed E-state index contributed by atoms with van der Waals surface area (Å²) in [5.74, 6) is 2.61. The van der Waals surface area contributed by atoms with Crippen LogP contribution in [-0.4, -0.2) is 10.2 Å². The number of rotatable bonds is 7. The fraction of sp³-hybridized carbons (Fsp3) is 1.00. The van der Waals surface area contributed by atoms with Gasteiger partial charge in [0.2, 0.25) is 0 Å². The number of hydrogen-bond acceptors (Lipinski definition) is 0. The molecule has 92 valence electrons. The lowest BCUT2D eigenvalue weighted by Gasteiger charge is -2.34. The first-order valence-corrected chi connectivity index (χ1v) is 7.75.